The molecule has 0 N–H and O–H groups in total. The molecule has 0 bridgehead atoms. The fourth-order valence-electron chi connectivity index (χ4n) is 2.46. The van der Waals surface area contributed by atoms with Crippen molar-refractivity contribution in [1.82, 2.24) is 9.97 Å². The van der Waals surface area contributed by atoms with E-state index in [1.54, 1.807) is 25.3 Å². The molecule has 5 nitrogen and oxygen atoms in total. The number of halogens is 2. The zero-order valence-corrected chi connectivity index (χ0v) is 18.9. The monoisotopic (exact) mass is 449 g/mol. The minimum atomic E-state index is -1.39. The zero-order valence-electron chi connectivity index (χ0n) is 16.6. The Kier molecular flexibility index (Phi) is 6.56. The molecule has 2 heterocycles. The van der Waals surface area contributed by atoms with E-state index in [2.05, 4.69) is 14.4 Å². The highest BCUT2D eigenvalue weighted by Crippen LogP contribution is 2.32. The minimum Gasteiger partial charge on any atom is -0.486 e. The summed E-state index contributed by atoms with van der Waals surface area (Å²) in [5.74, 6) is 0.500. The lowest BCUT2D eigenvalue weighted by Gasteiger charge is -2.15. The quantitative estimate of drug-likeness (QED) is 0.365. The highest BCUT2D eigenvalue weighted by molar-refractivity contribution is 7.85. The van der Waals surface area contributed by atoms with Gasteiger partial charge in [0.1, 0.15) is 28.5 Å². The Morgan fingerprint density at radius 2 is 1.97 bits per heavy atom. The predicted octanol–water partition coefficient (Wildman–Crippen LogP) is 5.79. The molecular weight excluding hydrogens is 429 g/mol. The molecule has 2 aromatic heterocycles. The third kappa shape index (κ3) is 5.32. The van der Waals surface area contributed by atoms with Crippen molar-refractivity contribution in [2.24, 2.45) is 4.40 Å². The van der Waals surface area contributed by atoms with Crippen molar-refractivity contribution >= 4 is 50.8 Å². The van der Waals surface area contributed by atoms with E-state index in [-0.39, 0.29) is 5.15 Å². The molecule has 0 saturated carbocycles. The Hall–Kier alpha value is -2.02. The molecule has 0 amide bonds. The lowest BCUT2D eigenvalue weighted by Crippen LogP contribution is -2.20. The van der Waals surface area contributed by atoms with E-state index < -0.39 is 15.7 Å². The van der Waals surface area contributed by atoms with E-state index >= 15 is 0 Å². The summed E-state index contributed by atoms with van der Waals surface area (Å²) in [5, 5.41) is 1.52. The fraction of sp³-hybridized carbons (Fsp3) is 0.286. The van der Waals surface area contributed by atoms with E-state index in [0.717, 1.165) is 11.1 Å². The molecule has 3 aromatic rings. The number of pyridine rings is 2. The van der Waals surface area contributed by atoms with Crippen LogP contribution in [0.25, 0.3) is 10.9 Å². The van der Waals surface area contributed by atoms with Crippen LogP contribution in [-0.2, 0) is 17.6 Å². The lowest BCUT2D eigenvalue weighted by molar-refractivity contribution is 0.302. The van der Waals surface area contributed by atoms with Crippen molar-refractivity contribution in [3.8, 4) is 5.75 Å². The molecule has 0 radical (unpaired) electrons. The molecule has 0 spiro atoms. The van der Waals surface area contributed by atoms with Crippen LogP contribution >= 0.6 is 23.2 Å². The maximum Gasteiger partial charge on any atom is 0.145 e. The maximum atomic E-state index is 12.3. The number of nitrogens with zero attached hydrogens (tertiary/aromatic N) is 3. The van der Waals surface area contributed by atoms with Gasteiger partial charge < -0.3 is 4.74 Å². The molecule has 1 atom stereocenters. The average molecular weight is 450 g/mol. The van der Waals surface area contributed by atoms with Gasteiger partial charge in [0.2, 0.25) is 0 Å². The summed E-state index contributed by atoms with van der Waals surface area (Å²) < 4.78 is 22.0. The predicted molar refractivity (Wildman–Crippen MR) is 120 cm³/mol. The van der Waals surface area contributed by atoms with Gasteiger partial charge in [0.15, 0.2) is 0 Å². The summed E-state index contributed by atoms with van der Waals surface area (Å²) in [6.45, 7) is 7.66. The number of aromatic nitrogens is 2. The second kappa shape index (κ2) is 8.78. The second-order valence-corrected chi connectivity index (χ2v) is 10.1. The van der Waals surface area contributed by atoms with E-state index in [0.29, 0.717) is 34.2 Å². The van der Waals surface area contributed by atoms with E-state index in [1.807, 2.05) is 45.0 Å². The molecule has 0 saturated heterocycles. The molecule has 0 aliphatic rings. The van der Waals surface area contributed by atoms with Gasteiger partial charge in [0.05, 0.1) is 26.7 Å². The Bertz CT molecular complexity index is 1100. The van der Waals surface area contributed by atoms with Crippen LogP contribution < -0.4 is 4.74 Å². The Morgan fingerprint density at radius 1 is 1.21 bits per heavy atom. The smallest absolute Gasteiger partial charge is 0.145 e. The van der Waals surface area contributed by atoms with Crippen LogP contribution in [0.2, 0.25) is 10.2 Å². The first kappa shape index (κ1) is 21.7. The van der Waals surface area contributed by atoms with Crippen LogP contribution in [0.1, 0.15) is 39.0 Å². The van der Waals surface area contributed by atoms with Gasteiger partial charge in [0.25, 0.3) is 0 Å². The normalized spacial score (nSPS) is 13.5. The summed E-state index contributed by atoms with van der Waals surface area (Å²) in [4.78, 5) is 8.68. The number of fused-ring (bicyclic) bond motifs is 1. The van der Waals surface area contributed by atoms with Gasteiger partial charge in [-0.25, -0.2) is 9.19 Å². The summed E-state index contributed by atoms with van der Waals surface area (Å²) in [7, 11) is -1.39. The molecule has 8 heteroatoms. The Balaban J connectivity index is 1.92. The van der Waals surface area contributed by atoms with Gasteiger partial charge in [-0.05, 0) is 52.0 Å². The van der Waals surface area contributed by atoms with Crippen molar-refractivity contribution < 1.29 is 8.95 Å². The summed E-state index contributed by atoms with van der Waals surface area (Å²) >= 11 is 12.8. The SMILES string of the molecule is CC(=N[S@@](=O)C(C)(C)C)c1cc2cc(Cl)c(OCc3ccccn3)cc2nc1Cl. The summed E-state index contributed by atoms with van der Waals surface area (Å²) in [6.07, 6.45) is 1.71. The lowest BCUT2D eigenvalue weighted by atomic mass is 10.1. The van der Waals surface area contributed by atoms with Gasteiger partial charge in [-0.1, -0.05) is 29.3 Å². The number of benzene rings is 1. The van der Waals surface area contributed by atoms with Gasteiger partial charge >= 0.3 is 0 Å². The molecule has 1 aromatic carbocycles. The first-order valence-corrected chi connectivity index (χ1v) is 10.8. The maximum absolute atomic E-state index is 12.3. The summed E-state index contributed by atoms with van der Waals surface area (Å²) in [6, 6.07) is 11.0. The minimum absolute atomic E-state index is 0.280. The second-order valence-electron chi connectivity index (χ2n) is 7.45. The topological polar surface area (TPSA) is 64.4 Å². The molecule has 152 valence electrons. The number of hydrogen-bond acceptors (Lipinski definition) is 4. The molecule has 0 aliphatic heterocycles. The van der Waals surface area contributed by atoms with Crippen molar-refractivity contribution in [1.29, 1.82) is 0 Å². The number of hydrogen-bond donors (Lipinski definition) is 0. The molecule has 0 aliphatic carbocycles. The largest absolute Gasteiger partial charge is 0.486 e. The summed E-state index contributed by atoms with van der Waals surface area (Å²) in [5.41, 5.74) is 2.62. The van der Waals surface area contributed by atoms with E-state index in [1.165, 1.54) is 0 Å². The molecule has 0 unspecified atom stereocenters. The highest BCUT2D eigenvalue weighted by Gasteiger charge is 2.20. The van der Waals surface area contributed by atoms with Crippen molar-refractivity contribution in [2.45, 2.75) is 39.0 Å². The average Bonchev–Trinajstić information content (AvgIpc) is 2.66. The Morgan fingerprint density at radius 3 is 2.62 bits per heavy atom. The molecule has 0 fully saturated rings. The van der Waals surface area contributed by atoms with Gasteiger partial charge in [-0.15, -0.1) is 0 Å². The van der Waals surface area contributed by atoms with Crippen LogP contribution in [-0.4, -0.2) is 24.6 Å². The van der Waals surface area contributed by atoms with Crippen molar-refractivity contribution in [3.05, 3.63) is 64.0 Å². The number of ether oxygens (including phenoxy) is 1. The highest BCUT2D eigenvalue weighted by atomic mass is 35.5. The van der Waals surface area contributed by atoms with Crippen LogP contribution in [0.5, 0.6) is 5.75 Å². The fourth-order valence-corrected chi connectivity index (χ4v) is 3.59. The standard InChI is InChI=1S/C21H21Cl2N3O2S/c1-13(26-29(27)21(2,3)4)16-9-14-10-17(22)19(11-18(14)25-20(16)23)28-12-15-7-5-6-8-24-15/h5-11H,12H2,1-4H3/t29-/m0/s1. The van der Waals surface area contributed by atoms with Crippen LogP contribution in [0.15, 0.2) is 47.0 Å². The third-order valence-corrected chi connectivity index (χ3v) is 6.13. The zero-order chi connectivity index (χ0) is 21.2. The molecular formula is C21H21Cl2N3O2S. The molecule has 29 heavy (non-hydrogen) atoms. The first-order chi connectivity index (χ1) is 13.6. The van der Waals surface area contributed by atoms with Crippen LogP contribution in [0.3, 0.4) is 0 Å². The van der Waals surface area contributed by atoms with Gasteiger partial charge in [-0.2, -0.15) is 4.40 Å². The molecule has 3 rings (SSSR count). The first-order valence-electron chi connectivity index (χ1n) is 8.95. The number of rotatable bonds is 5. The van der Waals surface area contributed by atoms with E-state index in [9.17, 15) is 4.21 Å². The van der Waals surface area contributed by atoms with Gasteiger partial charge in [-0.3, -0.25) is 4.98 Å². The van der Waals surface area contributed by atoms with Gasteiger partial charge in [0, 0.05) is 23.2 Å². The van der Waals surface area contributed by atoms with Crippen LogP contribution in [0.4, 0.5) is 0 Å². The van der Waals surface area contributed by atoms with Crippen molar-refractivity contribution in [2.75, 3.05) is 0 Å². The Labute approximate surface area is 182 Å². The third-order valence-electron chi connectivity index (χ3n) is 4.06. The van der Waals surface area contributed by atoms with E-state index in [4.69, 9.17) is 27.9 Å². The van der Waals surface area contributed by atoms with Crippen molar-refractivity contribution in [3.63, 3.8) is 0 Å². The van der Waals surface area contributed by atoms with Crippen LogP contribution in [0, 0.1) is 0 Å².